The molecule has 0 unspecified atom stereocenters. The topological polar surface area (TPSA) is 106 Å². The summed E-state index contributed by atoms with van der Waals surface area (Å²) < 4.78 is 11.2. The molecule has 39 heavy (non-hydrogen) atoms. The number of hydrogen-bond acceptors (Lipinski definition) is 6. The van der Waals surface area contributed by atoms with Crippen LogP contribution in [0.3, 0.4) is 0 Å². The summed E-state index contributed by atoms with van der Waals surface area (Å²) in [6.45, 7) is 6.08. The number of rotatable bonds is 10. The fraction of sp³-hybridized carbons (Fsp3) is 0.273. The molecule has 6 heteroatoms. The number of esters is 1. The van der Waals surface area contributed by atoms with Crippen LogP contribution >= 0.6 is 0 Å². The summed E-state index contributed by atoms with van der Waals surface area (Å²) in [6, 6.07) is 26.9. The third kappa shape index (κ3) is 6.46. The number of ether oxygens (including phenoxy) is 2. The summed E-state index contributed by atoms with van der Waals surface area (Å²) in [7, 11) is 0. The van der Waals surface area contributed by atoms with Crippen LogP contribution in [0.25, 0.3) is 21.9 Å². The lowest BCUT2D eigenvalue weighted by Gasteiger charge is -2.28. The molecular formula is C33H34N2O4. The fourth-order valence-corrected chi connectivity index (χ4v) is 4.65. The van der Waals surface area contributed by atoms with Crippen molar-refractivity contribution in [3.63, 3.8) is 0 Å². The van der Waals surface area contributed by atoms with E-state index in [4.69, 9.17) is 15.2 Å². The molecule has 0 bridgehead atoms. The zero-order chi connectivity index (χ0) is 28.0. The van der Waals surface area contributed by atoms with Crippen LogP contribution in [-0.2, 0) is 11.2 Å². The van der Waals surface area contributed by atoms with Crippen LogP contribution in [0.1, 0.15) is 60.3 Å². The van der Waals surface area contributed by atoms with Crippen LogP contribution in [0.2, 0.25) is 0 Å². The van der Waals surface area contributed by atoms with E-state index in [1.54, 1.807) is 31.2 Å². The Morgan fingerprint density at radius 2 is 1.72 bits per heavy atom. The molecule has 0 aliphatic carbocycles. The second kappa shape index (κ2) is 12.1. The van der Waals surface area contributed by atoms with Crippen molar-refractivity contribution in [1.29, 1.82) is 5.26 Å². The Hall–Kier alpha value is -4.18. The lowest BCUT2D eigenvalue weighted by Crippen LogP contribution is -2.39. The lowest BCUT2D eigenvalue weighted by molar-refractivity contribution is 0.0527. The smallest absolute Gasteiger partial charge is 0.338 e. The van der Waals surface area contributed by atoms with Gasteiger partial charge in [-0.1, -0.05) is 54.6 Å². The van der Waals surface area contributed by atoms with Gasteiger partial charge in [-0.2, -0.15) is 5.26 Å². The molecule has 0 saturated carbocycles. The SMILES string of the molecule is CCOC(=O)c1ccccc1-c1ccc(OCCCc2cc3ccccc3cc2[C@@H](O)C(C)(C)N)c(C#N)c1. The van der Waals surface area contributed by atoms with E-state index in [2.05, 4.69) is 18.2 Å². The number of aliphatic hydroxyl groups is 1. The number of hydrogen-bond donors (Lipinski definition) is 2. The van der Waals surface area contributed by atoms with E-state index < -0.39 is 17.6 Å². The molecule has 6 nitrogen and oxygen atoms in total. The second-order valence-corrected chi connectivity index (χ2v) is 10.2. The first-order valence-corrected chi connectivity index (χ1v) is 13.1. The number of carbonyl (C=O) groups excluding carboxylic acids is 1. The molecule has 0 radical (unpaired) electrons. The maximum atomic E-state index is 12.4. The first kappa shape index (κ1) is 27.8. The molecule has 0 aliphatic rings. The number of aliphatic hydroxyl groups excluding tert-OH is 1. The van der Waals surface area contributed by atoms with Gasteiger partial charge in [0, 0.05) is 5.54 Å². The number of aryl methyl sites for hydroxylation is 1. The molecular weight excluding hydrogens is 488 g/mol. The van der Waals surface area contributed by atoms with Gasteiger partial charge in [0.15, 0.2) is 0 Å². The van der Waals surface area contributed by atoms with Gasteiger partial charge < -0.3 is 20.3 Å². The monoisotopic (exact) mass is 522 g/mol. The maximum Gasteiger partial charge on any atom is 0.338 e. The third-order valence-electron chi connectivity index (χ3n) is 6.69. The molecule has 3 N–H and O–H groups in total. The minimum Gasteiger partial charge on any atom is -0.492 e. The highest BCUT2D eigenvalue weighted by Crippen LogP contribution is 2.32. The van der Waals surface area contributed by atoms with E-state index in [0.29, 0.717) is 41.9 Å². The Morgan fingerprint density at radius 3 is 2.41 bits per heavy atom. The summed E-state index contributed by atoms with van der Waals surface area (Å²) in [5.74, 6) is 0.0832. The standard InChI is InChI=1S/C33H34N2O4/c1-4-38-32(37)28-14-8-7-13-27(28)25-15-16-30(26(19-25)21-34)39-17-9-12-24-18-22-10-5-6-11-23(22)20-29(24)31(36)33(2,3)35/h5-8,10-11,13-16,18-20,31,36H,4,9,12,17,35H2,1-3H3/t31-/m1/s1. The van der Waals surface area contributed by atoms with Crippen molar-refractivity contribution < 1.29 is 19.4 Å². The van der Waals surface area contributed by atoms with Gasteiger partial charge in [-0.25, -0.2) is 4.79 Å². The molecule has 200 valence electrons. The van der Waals surface area contributed by atoms with Crippen LogP contribution in [-0.4, -0.2) is 29.8 Å². The minimum absolute atomic E-state index is 0.285. The minimum atomic E-state index is -0.812. The Labute approximate surface area is 229 Å². The van der Waals surface area contributed by atoms with Gasteiger partial charge in [-0.3, -0.25) is 0 Å². The highest BCUT2D eigenvalue weighted by Gasteiger charge is 2.26. The third-order valence-corrected chi connectivity index (χ3v) is 6.69. The van der Waals surface area contributed by atoms with Gasteiger partial charge in [0.25, 0.3) is 0 Å². The number of nitrogens with zero attached hydrogens (tertiary/aromatic N) is 1. The molecule has 4 aromatic carbocycles. The summed E-state index contributed by atoms with van der Waals surface area (Å²) in [5.41, 5.74) is 9.58. The normalized spacial score (nSPS) is 12.1. The van der Waals surface area contributed by atoms with E-state index >= 15 is 0 Å². The molecule has 0 heterocycles. The second-order valence-electron chi connectivity index (χ2n) is 10.2. The van der Waals surface area contributed by atoms with Crippen LogP contribution < -0.4 is 10.5 Å². The Kier molecular flexibility index (Phi) is 8.65. The molecule has 1 atom stereocenters. The predicted molar refractivity (Wildman–Crippen MR) is 154 cm³/mol. The van der Waals surface area contributed by atoms with Crippen LogP contribution in [0, 0.1) is 11.3 Å². The van der Waals surface area contributed by atoms with Gasteiger partial charge in [0.2, 0.25) is 0 Å². The number of fused-ring (bicyclic) bond motifs is 1. The van der Waals surface area contributed by atoms with Crippen LogP contribution in [0.5, 0.6) is 5.75 Å². The van der Waals surface area contributed by atoms with Gasteiger partial charge in [-0.15, -0.1) is 0 Å². The van der Waals surface area contributed by atoms with E-state index in [-0.39, 0.29) is 6.61 Å². The van der Waals surface area contributed by atoms with Gasteiger partial charge in [-0.05, 0) is 90.9 Å². The number of nitrogens with two attached hydrogens (primary N) is 1. The van der Waals surface area contributed by atoms with E-state index in [0.717, 1.165) is 27.5 Å². The average Bonchev–Trinajstić information content (AvgIpc) is 2.94. The van der Waals surface area contributed by atoms with E-state index in [1.165, 1.54) is 0 Å². The van der Waals surface area contributed by atoms with E-state index in [1.807, 2.05) is 56.3 Å². The Balaban J connectivity index is 1.50. The molecule has 4 rings (SSSR count). The zero-order valence-electron chi connectivity index (χ0n) is 22.6. The molecule has 0 amide bonds. The first-order chi connectivity index (χ1) is 18.7. The van der Waals surface area contributed by atoms with Crippen molar-refractivity contribution in [3.05, 3.63) is 101 Å². The predicted octanol–water partition coefficient (Wildman–Crippen LogP) is 6.34. The highest BCUT2D eigenvalue weighted by atomic mass is 16.5. The molecule has 0 spiro atoms. The Morgan fingerprint density at radius 1 is 1.03 bits per heavy atom. The maximum absolute atomic E-state index is 12.4. The van der Waals surface area contributed by atoms with Gasteiger partial charge in [0.1, 0.15) is 11.8 Å². The largest absolute Gasteiger partial charge is 0.492 e. The highest BCUT2D eigenvalue weighted by molar-refractivity contribution is 5.97. The molecule has 4 aromatic rings. The van der Waals surface area contributed by atoms with Crippen molar-refractivity contribution >= 4 is 16.7 Å². The molecule has 0 saturated heterocycles. The number of carbonyl (C=O) groups is 1. The zero-order valence-corrected chi connectivity index (χ0v) is 22.6. The van der Waals surface area contributed by atoms with Gasteiger partial charge >= 0.3 is 5.97 Å². The summed E-state index contributed by atoms with van der Waals surface area (Å²) >= 11 is 0. The number of nitriles is 1. The van der Waals surface area contributed by atoms with Crippen molar-refractivity contribution in [2.24, 2.45) is 5.73 Å². The summed E-state index contributed by atoms with van der Waals surface area (Å²) in [6.07, 6.45) is 0.551. The van der Waals surface area contributed by atoms with Crippen molar-refractivity contribution in [2.45, 2.75) is 45.3 Å². The summed E-state index contributed by atoms with van der Waals surface area (Å²) in [5, 5.41) is 22.9. The van der Waals surface area contributed by atoms with Crippen molar-refractivity contribution in [3.8, 4) is 22.9 Å². The van der Waals surface area contributed by atoms with Crippen molar-refractivity contribution in [1.82, 2.24) is 0 Å². The van der Waals surface area contributed by atoms with Crippen molar-refractivity contribution in [2.75, 3.05) is 13.2 Å². The van der Waals surface area contributed by atoms with Crippen LogP contribution in [0.4, 0.5) is 0 Å². The molecule has 0 aliphatic heterocycles. The average molecular weight is 523 g/mol. The van der Waals surface area contributed by atoms with Crippen LogP contribution in [0.15, 0.2) is 78.9 Å². The van der Waals surface area contributed by atoms with Gasteiger partial charge in [0.05, 0.1) is 30.4 Å². The molecule has 0 fully saturated rings. The summed E-state index contributed by atoms with van der Waals surface area (Å²) in [4.78, 5) is 12.4. The lowest BCUT2D eigenvalue weighted by atomic mass is 9.86. The van der Waals surface area contributed by atoms with E-state index in [9.17, 15) is 15.2 Å². The fourth-order valence-electron chi connectivity index (χ4n) is 4.65. The number of benzene rings is 4. The molecule has 0 aromatic heterocycles. The Bertz CT molecular complexity index is 1510. The first-order valence-electron chi connectivity index (χ1n) is 13.1. The quantitative estimate of drug-likeness (QED) is 0.186.